The summed E-state index contributed by atoms with van der Waals surface area (Å²) < 4.78 is 18.9. The van der Waals surface area contributed by atoms with E-state index >= 15 is 0 Å². The van der Waals surface area contributed by atoms with Crippen molar-refractivity contribution in [3.05, 3.63) is 56.7 Å². The Balaban J connectivity index is 1.82. The molecule has 0 saturated heterocycles. The van der Waals surface area contributed by atoms with Crippen molar-refractivity contribution in [2.45, 2.75) is 26.2 Å². The van der Waals surface area contributed by atoms with Crippen LogP contribution in [0.2, 0.25) is 5.02 Å². The van der Waals surface area contributed by atoms with Gasteiger partial charge in [-0.3, -0.25) is 4.79 Å². The van der Waals surface area contributed by atoms with Crippen molar-refractivity contribution < 1.29 is 18.7 Å². The normalized spacial score (nSPS) is 13.0. The molecule has 1 aromatic heterocycles. The standard InChI is InChI=1S/C19H17ClFNO3S/c1-2-25-19(24)17-12-5-3-8-15(12)26-18(17)22-16(23)10-9-11-13(20)6-4-7-14(11)21/h4,6-7,9-10H,2-3,5,8H2,1H3,(H,22,23)/b10-9+. The van der Waals surface area contributed by atoms with E-state index in [0.717, 1.165) is 29.7 Å². The van der Waals surface area contributed by atoms with Gasteiger partial charge in [-0.05, 0) is 50.0 Å². The highest BCUT2D eigenvalue weighted by atomic mass is 35.5. The number of esters is 1. The molecule has 1 amide bonds. The van der Waals surface area contributed by atoms with Gasteiger partial charge in [-0.25, -0.2) is 9.18 Å². The number of hydrogen-bond acceptors (Lipinski definition) is 4. The maximum atomic E-state index is 13.8. The minimum absolute atomic E-state index is 0.142. The quantitative estimate of drug-likeness (QED) is 0.583. The lowest BCUT2D eigenvalue weighted by molar-refractivity contribution is -0.111. The van der Waals surface area contributed by atoms with Crippen LogP contribution in [0.3, 0.4) is 0 Å². The van der Waals surface area contributed by atoms with Gasteiger partial charge in [0.1, 0.15) is 10.8 Å². The van der Waals surface area contributed by atoms with E-state index in [9.17, 15) is 14.0 Å². The number of rotatable bonds is 5. The van der Waals surface area contributed by atoms with Crippen LogP contribution in [0.1, 0.15) is 39.7 Å². The van der Waals surface area contributed by atoms with Crippen molar-refractivity contribution in [3.8, 4) is 0 Å². The van der Waals surface area contributed by atoms with Gasteiger partial charge in [-0.1, -0.05) is 17.7 Å². The molecule has 1 heterocycles. The highest BCUT2D eigenvalue weighted by Gasteiger charge is 2.28. The summed E-state index contributed by atoms with van der Waals surface area (Å²) in [6.07, 6.45) is 5.20. The van der Waals surface area contributed by atoms with Crippen molar-refractivity contribution >= 4 is 45.9 Å². The monoisotopic (exact) mass is 393 g/mol. The highest BCUT2D eigenvalue weighted by molar-refractivity contribution is 7.17. The second-order valence-corrected chi connectivity index (χ2v) is 7.25. The van der Waals surface area contributed by atoms with Crippen molar-refractivity contribution in [2.24, 2.45) is 0 Å². The Labute approximate surface area is 159 Å². The van der Waals surface area contributed by atoms with E-state index in [2.05, 4.69) is 5.32 Å². The summed E-state index contributed by atoms with van der Waals surface area (Å²) in [7, 11) is 0. The number of anilines is 1. The van der Waals surface area contributed by atoms with E-state index in [1.165, 1.54) is 35.6 Å². The fourth-order valence-electron chi connectivity index (χ4n) is 2.89. The Morgan fingerprint density at radius 2 is 2.19 bits per heavy atom. The second kappa shape index (κ2) is 8.01. The summed E-state index contributed by atoms with van der Waals surface area (Å²) in [5.41, 5.74) is 1.54. The highest BCUT2D eigenvalue weighted by Crippen LogP contribution is 2.39. The molecule has 0 spiro atoms. The predicted molar refractivity (Wildman–Crippen MR) is 101 cm³/mol. The topological polar surface area (TPSA) is 55.4 Å². The first-order valence-corrected chi connectivity index (χ1v) is 9.45. The van der Waals surface area contributed by atoms with Crippen LogP contribution < -0.4 is 5.32 Å². The maximum absolute atomic E-state index is 13.8. The van der Waals surface area contributed by atoms with Crippen LogP contribution >= 0.6 is 22.9 Å². The molecular formula is C19H17ClFNO3S. The van der Waals surface area contributed by atoms with Gasteiger partial charge in [0.15, 0.2) is 0 Å². The molecule has 7 heteroatoms. The smallest absolute Gasteiger partial charge is 0.341 e. The first-order valence-electron chi connectivity index (χ1n) is 8.26. The average Bonchev–Trinajstić information content (AvgIpc) is 3.15. The minimum atomic E-state index is -0.510. The number of fused-ring (bicyclic) bond motifs is 1. The van der Waals surface area contributed by atoms with Gasteiger partial charge in [0.05, 0.1) is 17.2 Å². The fraction of sp³-hybridized carbons (Fsp3) is 0.263. The number of hydrogen-bond donors (Lipinski definition) is 1. The number of amides is 1. The molecule has 0 saturated carbocycles. The predicted octanol–water partition coefficient (Wildman–Crippen LogP) is 4.86. The molecule has 3 rings (SSSR count). The van der Waals surface area contributed by atoms with Crippen molar-refractivity contribution in [1.29, 1.82) is 0 Å². The summed E-state index contributed by atoms with van der Waals surface area (Å²) in [6, 6.07) is 4.31. The largest absolute Gasteiger partial charge is 0.462 e. The Kier molecular flexibility index (Phi) is 5.74. The first kappa shape index (κ1) is 18.6. The van der Waals surface area contributed by atoms with Gasteiger partial charge < -0.3 is 10.1 Å². The average molecular weight is 394 g/mol. The third-order valence-corrected chi connectivity index (χ3v) is 5.58. The molecule has 0 atom stereocenters. The molecule has 2 aromatic rings. The lowest BCUT2D eigenvalue weighted by atomic mass is 10.1. The molecule has 1 aromatic carbocycles. The second-order valence-electron chi connectivity index (χ2n) is 5.74. The first-order chi connectivity index (χ1) is 12.5. The summed E-state index contributed by atoms with van der Waals surface area (Å²) in [6.45, 7) is 2.01. The summed E-state index contributed by atoms with van der Waals surface area (Å²) in [4.78, 5) is 25.6. The van der Waals surface area contributed by atoms with Crippen LogP contribution in [-0.4, -0.2) is 18.5 Å². The van der Waals surface area contributed by atoms with Gasteiger partial charge in [-0.15, -0.1) is 11.3 Å². The molecule has 0 unspecified atom stereocenters. The van der Waals surface area contributed by atoms with Crippen LogP contribution in [0, 0.1) is 5.82 Å². The molecule has 0 bridgehead atoms. The van der Waals surface area contributed by atoms with Gasteiger partial charge >= 0.3 is 5.97 Å². The fourth-order valence-corrected chi connectivity index (χ4v) is 4.40. The molecule has 0 radical (unpaired) electrons. The molecular weight excluding hydrogens is 377 g/mol. The molecule has 1 aliphatic rings. The van der Waals surface area contributed by atoms with Crippen LogP contribution in [0.4, 0.5) is 9.39 Å². The zero-order valence-corrected chi connectivity index (χ0v) is 15.7. The molecule has 1 aliphatic carbocycles. The van der Waals surface area contributed by atoms with Crippen molar-refractivity contribution in [1.82, 2.24) is 0 Å². The number of ether oxygens (including phenoxy) is 1. The number of carbonyl (C=O) groups excluding carboxylic acids is 2. The Hall–Kier alpha value is -2.18. The summed E-state index contributed by atoms with van der Waals surface area (Å²) >= 11 is 7.34. The number of carbonyl (C=O) groups is 2. The van der Waals surface area contributed by atoms with Gasteiger partial charge in [-0.2, -0.15) is 0 Å². The Bertz CT molecular complexity index is 871. The van der Waals surface area contributed by atoms with E-state index in [1.807, 2.05) is 0 Å². The van der Waals surface area contributed by atoms with Gasteiger partial charge in [0, 0.05) is 16.5 Å². The minimum Gasteiger partial charge on any atom is -0.462 e. The zero-order chi connectivity index (χ0) is 18.7. The molecule has 136 valence electrons. The number of halogens is 2. The van der Waals surface area contributed by atoms with Crippen molar-refractivity contribution in [2.75, 3.05) is 11.9 Å². The van der Waals surface area contributed by atoms with Gasteiger partial charge in [0.2, 0.25) is 5.91 Å². The molecule has 26 heavy (non-hydrogen) atoms. The lowest BCUT2D eigenvalue weighted by Crippen LogP contribution is -2.13. The Morgan fingerprint density at radius 3 is 2.92 bits per heavy atom. The van der Waals surface area contributed by atoms with Crippen LogP contribution in [0.25, 0.3) is 6.08 Å². The molecule has 0 fully saturated rings. The summed E-state index contributed by atoms with van der Waals surface area (Å²) in [5.74, 6) is -1.40. The SMILES string of the molecule is CCOC(=O)c1c(NC(=O)/C=C/c2c(F)cccc2Cl)sc2c1CCC2. The lowest BCUT2D eigenvalue weighted by Gasteiger charge is -2.06. The van der Waals surface area contributed by atoms with Crippen LogP contribution in [0.15, 0.2) is 24.3 Å². The third kappa shape index (κ3) is 3.81. The maximum Gasteiger partial charge on any atom is 0.341 e. The van der Waals surface area contributed by atoms with E-state index < -0.39 is 17.7 Å². The molecule has 4 nitrogen and oxygen atoms in total. The Morgan fingerprint density at radius 1 is 1.38 bits per heavy atom. The molecule has 0 aliphatic heterocycles. The van der Waals surface area contributed by atoms with E-state index in [0.29, 0.717) is 10.6 Å². The number of nitrogens with one attached hydrogen (secondary N) is 1. The van der Waals surface area contributed by atoms with Gasteiger partial charge in [0.25, 0.3) is 0 Å². The van der Waals surface area contributed by atoms with E-state index in [4.69, 9.17) is 16.3 Å². The van der Waals surface area contributed by atoms with Crippen LogP contribution in [-0.2, 0) is 22.4 Å². The third-order valence-electron chi connectivity index (χ3n) is 4.04. The number of aryl methyl sites for hydroxylation is 1. The number of benzene rings is 1. The van der Waals surface area contributed by atoms with E-state index in [1.54, 1.807) is 13.0 Å². The molecule has 1 N–H and O–H groups in total. The summed E-state index contributed by atoms with van der Waals surface area (Å²) in [5, 5.41) is 3.41. The van der Waals surface area contributed by atoms with Crippen molar-refractivity contribution in [3.63, 3.8) is 0 Å². The van der Waals surface area contributed by atoms with Crippen LogP contribution in [0.5, 0.6) is 0 Å². The zero-order valence-electron chi connectivity index (χ0n) is 14.1. The van der Waals surface area contributed by atoms with E-state index in [-0.39, 0.29) is 17.2 Å². The number of thiophene rings is 1.